The smallest absolute Gasteiger partial charge is 0.218 e. The van der Waals surface area contributed by atoms with Crippen LogP contribution in [0.1, 0.15) is 26.2 Å². The molecule has 1 N–H and O–H groups in total. The van der Waals surface area contributed by atoms with Gasteiger partial charge in [0, 0.05) is 26.2 Å². The van der Waals surface area contributed by atoms with Crippen molar-refractivity contribution in [1.82, 2.24) is 9.62 Å². The molecule has 0 spiro atoms. The van der Waals surface area contributed by atoms with Gasteiger partial charge in [0.15, 0.2) is 0 Å². The van der Waals surface area contributed by atoms with Crippen LogP contribution in [0.2, 0.25) is 0 Å². The molecular weight excluding hydrogens is 240 g/mol. The van der Waals surface area contributed by atoms with Gasteiger partial charge >= 0.3 is 0 Å². The van der Waals surface area contributed by atoms with E-state index >= 15 is 0 Å². The van der Waals surface area contributed by atoms with Crippen molar-refractivity contribution in [2.75, 3.05) is 32.8 Å². The molecule has 6 heteroatoms. The minimum Gasteiger partial charge on any atom is -0.377 e. The number of rotatable bonds is 4. The lowest BCUT2D eigenvalue weighted by Crippen LogP contribution is -2.47. The minimum atomic E-state index is -3.12. The Morgan fingerprint density at radius 1 is 1.41 bits per heavy atom. The Morgan fingerprint density at radius 3 is 2.88 bits per heavy atom. The minimum absolute atomic E-state index is 0.0814. The Morgan fingerprint density at radius 2 is 2.24 bits per heavy atom. The van der Waals surface area contributed by atoms with E-state index < -0.39 is 10.0 Å². The van der Waals surface area contributed by atoms with Crippen LogP contribution in [0.15, 0.2) is 0 Å². The molecule has 0 saturated carbocycles. The second-order valence-electron chi connectivity index (χ2n) is 4.74. The number of nitrogens with one attached hydrogen (secondary N) is 1. The van der Waals surface area contributed by atoms with Gasteiger partial charge in [-0.25, -0.2) is 8.42 Å². The Balaban J connectivity index is 2.00. The molecule has 2 rings (SSSR count). The van der Waals surface area contributed by atoms with Gasteiger partial charge in [-0.2, -0.15) is 4.31 Å². The van der Waals surface area contributed by atoms with E-state index in [-0.39, 0.29) is 11.4 Å². The molecule has 17 heavy (non-hydrogen) atoms. The number of hydrogen-bond acceptors (Lipinski definition) is 4. The van der Waals surface area contributed by atoms with E-state index in [1.54, 1.807) is 4.31 Å². The van der Waals surface area contributed by atoms with E-state index in [1.165, 1.54) is 0 Å². The molecule has 0 amide bonds. The van der Waals surface area contributed by atoms with Crippen LogP contribution in [0.4, 0.5) is 0 Å². The van der Waals surface area contributed by atoms with E-state index in [4.69, 9.17) is 4.74 Å². The predicted octanol–water partition coefficient (Wildman–Crippen LogP) is 0.179. The number of ether oxygens (including phenoxy) is 1. The van der Waals surface area contributed by atoms with Crippen molar-refractivity contribution < 1.29 is 13.2 Å². The van der Waals surface area contributed by atoms with Crippen LogP contribution in [0.25, 0.3) is 0 Å². The Hall–Kier alpha value is -0.170. The first kappa shape index (κ1) is 13.3. The number of nitrogens with zero attached hydrogens (tertiary/aromatic N) is 1. The number of piperidine rings is 1. The summed E-state index contributed by atoms with van der Waals surface area (Å²) >= 11 is 0. The van der Waals surface area contributed by atoms with E-state index in [1.807, 2.05) is 6.92 Å². The first-order chi connectivity index (χ1) is 8.14. The van der Waals surface area contributed by atoms with Gasteiger partial charge in [0.05, 0.1) is 11.4 Å². The fraction of sp³-hybridized carbons (Fsp3) is 1.00. The van der Waals surface area contributed by atoms with Crippen molar-refractivity contribution in [2.24, 2.45) is 0 Å². The predicted molar refractivity (Wildman–Crippen MR) is 66.4 cm³/mol. The standard InChI is InChI=1S/C11H22N2O3S/c1-2-16-10-4-3-7-13(9-10)17(14,15)11-5-6-12-8-11/h10-12H,2-9H2,1H3. The third-order valence-electron chi connectivity index (χ3n) is 3.54. The molecule has 0 aromatic carbocycles. The van der Waals surface area contributed by atoms with Crippen molar-refractivity contribution in [3.05, 3.63) is 0 Å². The molecule has 0 bridgehead atoms. The third kappa shape index (κ3) is 2.99. The van der Waals surface area contributed by atoms with Crippen LogP contribution in [-0.4, -0.2) is 56.9 Å². The number of sulfonamides is 1. The van der Waals surface area contributed by atoms with Crippen molar-refractivity contribution in [2.45, 2.75) is 37.5 Å². The van der Waals surface area contributed by atoms with Crippen LogP contribution >= 0.6 is 0 Å². The second kappa shape index (κ2) is 5.65. The molecule has 5 nitrogen and oxygen atoms in total. The van der Waals surface area contributed by atoms with Crippen LogP contribution in [-0.2, 0) is 14.8 Å². The second-order valence-corrected chi connectivity index (χ2v) is 6.95. The Labute approximate surface area is 104 Å². The molecule has 2 aliphatic heterocycles. The zero-order valence-electron chi connectivity index (χ0n) is 10.4. The molecule has 2 fully saturated rings. The summed E-state index contributed by atoms with van der Waals surface area (Å²) in [5.41, 5.74) is 0. The molecular formula is C11H22N2O3S. The zero-order chi connectivity index (χ0) is 12.3. The molecule has 2 unspecified atom stereocenters. The molecule has 2 saturated heterocycles. The van der Waals surface area contributed by atoms with Crippen LogP contribution in [0.5, 0.6) is 0 Å². The summed E-state index contributed by atoms with van der Waals surface area (Å²) < 4.78 is 31.9. The zero-order valence-corrected chi connectivity index (χ0v) is 11.2. The van der Waals surface area contributed by atoms with Crippen molar-refractivity contribution in [1.29, 1.82) is 0 Å². The summed E-state index contributed by atoms with van der Waals surface area (Å²) in [4.78, 5) is 0. The first-order valence-corrected chi connectivity index (χ1v) is 7.96. The van der Waals surface area contributed by atoms with Gasteiger partial charge in [0.25, 0.3) is 0 Å². The van der Waals surface area contributed by atoms with Gasteiger partial charge in [-0.3, -0.25) is 0 Å². The van der Waals surface area contributed by atoms with Crippen LogP contribution < -0.4 is 5.32 Å². The summed E-state index contributed by atoms with van der Waals surface area (Å²) in [6, 6.07) is 0. The summed E-state index contributed by atoms with van der Waals surface area (Å²) in [5.74, 6) is 0. The van der Waals surface area contributed by atoms with Gasteiger partial charge < -0.3 is 10.1 Å². The van der Waals surface area contributed by atoms with Crippen LogP contribution in [0.3, 0.4) is 0 Å². The van der Waals surface area contributed by atoms with Crippen LogP contribution in [0, 0.1) is 0 Å². The van der Waals surface area contributed by atoms with E-state index in [9.17, 15) is 8.42 Å². The van der Waals surface area contributed by atoms with Crippen molar-refractivity contribution in [3.8, 4) is 0 Å². The maximum atomic E-state index is 12.4. The Kier molecular flexibility index (Phi) is 4.41. The average molecular weight is 262 g/mol. The lowest BCUT2D eigenvalue weighted by atomic mass is 10.1. The molecule has 100 valence electrons. The topological polar surface area (TPSA) is 58.6 Å². The highest BCUT2D eigenvalue weighted by atomic mass is 32.2. The molecule has 0 aromatic rings. The van der Waals surface area contributed by atoms with E-state index in [0.29, 0.717) is 26.2 Å². The van der Waals surface area contributed by atoms with Crippen molar-refractivity contribution in [3.63, 3.8) is 0 Å². The van der Waals surface area contributed by atoms with Gasteiger partial charge in [0.2, 0.25) is 10.0 Å². The van der Waals surface area contributed by atoms with Gasteiger partial charge in [0.1, 0.15) is 0 Å². The molecule has 2 atom stereocenters. The molecule has 2 heterocycles. The quantitative estimate of drug-likeness (QED) is 0.785. The summed E-state index contributed by atoms with van der Waals surface area (Å²) in [7, 11) is -3.12. The maximum absolute atomic E-state index is 12.4. The van der Waals surface area contributed by atoms with Crippen molar-refractivity contribution >= 4 is 10.0 Å². The van der Waals surface area contributed by atoms with E-state index in [0.717, 1.165) is 25.8 Å². The average Bonchev–Trinajstić information content (AvgIpc) is 2.84. The molecule has 0 aromatic heterocycles. The maximum Gasteiger partial charge on any atom is 0.218 e. The van der Waals surface area contributed by atoms with Gasteiger partial charge in [-0.1, -0.05) is 0 Å². The lowest BCUT2D eigenvalue weighted by Gasteiger charge is -2.33. The highest BCUT2D eigenvalue weighted by Gasteiger charge is 2.36. The van der Waals surface area contributed by atoms with Gasteiger partial charge in [-0.15, -0.1) is 0 Å². The Bertz CT molecular complexity index is 337. The highest BCUT2D eigenvalue weighted by molar-refractivity contribution is 7.89. The van der Waals surface area contributed by atoms with Gasteiger partial charge in [-0.05, 0) is 32.7 Å². The summed E-state index contributed by atoms with van der Waals surface area (Å²) in [6.07, 6.45) is 2.70. The van der Waals surface area contributed by atoms with E-state index in [2.05, 4.69) is 5.32 Å². The first-order valence-electron chi connectivity index (χ1n) is 6.46. The molecule has 0 aliphatic carbocycles. The lowest BCUT2D eigenvalue weighted by molar-refractivity contribution is 0.0263. The third-order valence-corrected chi connectivity index (χ3v) is 5.84. The number of hydrogen-bond donors (Lipinski definition) is 1. The summed E-state index contributed by atoms with van der Waals surface area (Å²) in [5, 5.41) is 2.88. The SMILES string of the molecule is CCOC1CCCN(S(=O)(=O)C2CCNC2)C1. The monoisotopic (exact) mass is 262 g/mol. The molecule has 0 radical (unpaired) electrons. The molecule has 2 aliphatic rings. The summed E-state index contributed by atoms with van der Waals surface area (Å²) in [6.45, 7) is 5.21. The normalized spacial score (nSPS) is 31.8. The fourth-order valence-electron chi connectivity index (χ4n) is 2.60. The highest BCUT2D eigenvalue weighted by Crippen LogP contribution is 2.21. The fourth-order valence-corrected chi connectivity index (χ4v) is 4.52. The largest absolute Gasteiger partial charge is 0.377 e.